The van der Waals surface area contributed by atoms with E-state index in [9.17, 15) is 0 Å². The molecule has 52 valence electrons. The van der Waals surface area contributed by atoms with Crippen molar-refractivity contribution < 1.29 is 23.6 Å². The van der Waals surface area contributed by atoms with Crippen LogP contribution in [-0.4, -0.2) is 6.10 Å². The van der Waals surface area contributed by atoms with Gasteiger partial charge in [0.05, 0.1) is 0 Å². The second-order valence-corrected chi connectivity index (χ2v) is 3.03. The maximum atomic E-state index is 5.35. The zero-order valence-electron chi connectivity index (χ0n) is 6.73. The predicted octanol–water partition coefficient (Wildman–Crippen LogP) is -0.725. The Kier molecular flexibility index (Phi) is 3.29. The Morgan fingerprint density at radius 2 is 1.90 bits per heavy atom. The molecule has 1 atom stereocenters. The van der Waals surface area contributed by atoms with E-state index in [0.29, 0.717) is 6.10 Å². The summed E-state index contributed by atoms with van der Waals surface area (Å²) in [6.07, 6.45) is 10.1. The first-order chi connectivity index (χ1) is 4.47. The van der Waals surface area contributed by atoms with Crippen LogP contribution in [-0.2, 0) is 4.74 Å². The van der Waals surface area contributed by atoms with Gasteiger partial charge in [-0.25, -0.2) is 0 Å². The quantitative estimate of drug-likeness (QED) is 0.240. The molecule has 0 bridgehead atoms. The summed E-state index contributed by atoms with van der Waals surface area (Å²) in [5.74, 6) is 0. The first-order valence-corrected chi connectivity index (χ1v) is 3.99. The van der Waals surface area contributed by atoms with Crippen molar-refractivity contribution in [2.75, 3.05) is 0 Å². The summed E-state index contributed by atoms with van der Waals surface area (Å²) < 4.78 is 5.35. The van der Waals surface area contributed by atoms with Crippen molar-refractivity contribution in [3.05, 3.63) is 6.10 Å². The van der Waals surface area contributed by atoms with E-state index in [1.54, 1.807) is 0 Å². The van der Waals surface area contributed by atoms with E-state index < -0.39 is 0 Å². The van der Waals surface area contributed by atoms with E-state index in [2.05, 4.69) is 0 Å². The molecule has 1 saturated heterocycles. The second kappa shape index (κ2) is 3.81. The van der Waals surface area contributed by atoms with Crippen LogP contribution in [0.3, 0.4) is 0 Å². The van der Waals surface area contributed by atoms with Gasteiger partial charge in [-0.1, -0.05) is 38.2 Å². The van der Waals surface area contributed by atoms with Gasteiger partial charge in [0, 0.05) is 0 Å². The summed E-state index contributed by atoms with van der Waals surface area (Å²) in [4.78, 5) is 0. The second-order valence-electron chi connectivity index (χ2n) is 3.03. The number of fused-ring (bicyclic) bond motifs is 1. The largest absolute Gasteiger partial charge is 1.00 e. The molecule has 1 aliphatic carbocycles. The Balaban J connectivity index is 0.000000500. The summed E-state index contributed by atoms with van der Waals surface area (Å²) in [6, 6.07) is 0. The zero-order chi connectivity index (χ0) is 6.10. The van der Waals surface area contributed by atoms with Crippen LogP contribution < -0.4 is 18.9 Å². The van der Waals surface area contributed by atoms with Crippen LogP contribution in [0.2, 0.25) is 0 Å². The molecule has 1 saturated carbocycles. The van der Waals surface area contributed by atoms with Crippen LogP contribution >= 0.6 is 0 Å². The van der Waals surface area contributed by atoms with E-state index >= 15 is 0 Å². The fraction of sp³-hybridized carbons (Fsp3) is 0.875. The van der Waals surface area contributed by atoms with Crippen molar-refractivity contribution in [2.45, 2.75) is 44.6 Å². The SMILES string of the molecule is C1CCC[C@@H]2O[C-]2CC1.[Li+]. The number of ether oxygens (including phenoxy) is 1. The van der Waals surface area contributed by atoms with Crippen molar-refractivity contribution in [1.82, 2.24) is 0 Å². The third kappa shape index (κ3) is 2.02. The topological polar surface area (TPSA) is 12.5 Å². The molecule has 2 heteroatoms. The minimum atomic E-state index is 0. The molecule has 0 aromatic carbocycles. The summed E-state index contributed by atoms with van der Waals surface area (Å²) in [5, 5.41) is 0. The van der Waals surface area contributed by atoms with E-state index in [0.717, 1.165) is 0 Å². The zero-order valence-corrected chi connectivity index (χ0v) is 6.73. The van der Waals surface area contributed by atoms with Gasteiger partial charge in [-0.2, -0.15) is 12.5 Å². The molecule has 0 amide bonds. The normalized spacial score (nSPS) is 33.0. The molecule has 10 heavy (non-hydrogen) atoms. The molecule has 1 heterocycles. The molecule has 2 rings (SSSR count). The third-order valence-corrected chi connectivity index (χ3v) is 2.24. The number of hydrogen-bond donors (Lipinski definition) is 0. The van der Waals surface area contributed by atoms with Gasteiger partial charge in [-0.15, -0.1) is 0 Å². The fourth-order valence-electron chi connectivity index (χ4n) is 1.57. The first-order valence-electron chi connectivity index (χ1n) is 3.99. The van der Waals surface area contributed by atoms with Crippen LogP contribution in [0.4, 0.5) is 0 Å². The van der Waals surface area contributed by atoms with E-state index in [-0.39, 0.29) is 18.9 Å². The predicted molar refractivity (Wildman–Crippen MR) is 35.8 cm³/mol. The Morgan fingerprint density at radius 3 is 2.80 bits per heavy atom. The molecular weight excluding hydrogens is 119 g/mol. The van der Waals surface area contributed by atoms with Crippen molar-refractivity contribution in [1.29, 1.82) is 0 Å². The van der Waals surface area contributed by atoms with Gasteiger partial charge in [0.15, 0.2) is 0 Å². The van der Waals surface area contributed by atoms with Crippen molar-refractivity contribution >= 4 is 0 Å². The monoisotopic (exact) mass is 132 g/mol. The van der Waals surface area contributed by atoms with E-state index in [1.807, 2.05) is 0 Å². The molecule has 0 aromatic heterocycles. The Labute approximate surface area is 74.7 Å². The Morgan fingerprint density at radius 1 is 1.10 bits per heavy atom. The van der Waals surface area contributed by atoms with Gasteiger partial charge in [0.25, 0.3) is 0 Å². The van der Waals surface area contributed by atoms with Gasteiger partial charge < -0.3 is 4.74 Å². The van der Waals surface area contributed by atoms with Gasteiger partial charge in [0.2, 0.25) is 0 Å². The number of hydrogen-bond acceptors (Lipinski definition) is 1. The minimum Gasteiger partial charge on any atom is -0.567 e. The summed E-state index contributed by atoms with van der Waals surface area (Å²) in [7, 11) is 0. The van der Waals surface area contributed by atoms with Crippen LogP contribution in [0, 0.1) is 6.10 Å². The molecule has 0 unspecified atom stereocenters. The van der Waals surface area contributed by atoms with E-state index in [1.165, 1.54) is 44.6 Å². The minimum absolute atomic E-state index is 0. The van der Waals surface area contributed by atoms with Gasteiger partial charge in [0.1, 0.15) is 0 Å². The smallest absolute Gasteiger partial charge is 0.567 e. The van der Waals surface area contributed by atoms with Crippen LogP contribution in [0.25, 0.3) is 0 Å². The maximum absolute atomic E-state index is 5.35. The summed E-state index contributed by atoms with van der Waals surface area (Å²) in [5.41, 5.74) is 0. The molecule has 0 radical (unpaired) electrons. The van der Waals surface area contributed by atoms with Crippen molar-refractivity contribution in [3.63, 3.8) is 0 Å². The van der Waals surface area contributed by atoms with Crippen molar-refractivity contribution in [2.24, 2.45) is 0 Å². The Hall–Kier alpha value is 0.557. The molecule has 0 aromatic rings. The molecule has 2 aliphatic rings. The van der Waals surface area contributed by atoms with E-state index in [4.69, 9.17) is 4.74 Å². The summed E-state index contributed by atoms with van der Waals surface area (Å²) >= 11 is 0. The van der Waals surface area contributed by atoms with Crippen LogP contribution in [0.5, 0.6) is 0 Å². The third-order valence-electron chi connectivity index (χ3n) is 2.24. The van der Waals surface area contributed by atoms with Gasteiger partial charge in [-0.05, 0) is 0 Å². The summed E-state index contributed by atoms with van der Waals surface area (Å²) in [6.45, 7) is 0. The Bertz CT molecular complexity index is 93.4. The van der Waals surface area contributed by atoms with Crippen LogP contribution in [0.15, 0.2) is 0 Å². The fourth-order valence-corrected chi connectivity index (χ4v) is 1.57. The van der Waals surface area contributed by atoms with Crippen LogP contribution in [0.1, 0.15) is 38.5 Å². The number of epoxide rings is 1. The molecular formula is C8H13LiO. The average molecular weight is 132 g/mol. The molecule has 0 N–H and O–H groups in total. The van der Waals surface area contributed by atoms with Crippen molar-refractivity contribution in [3.8, 4) is 0 Å². The standard InChI is InChI=1S/C8H13O.Li/c1-2-4-6-8-7(9-8)5-3-1;/h7H,1-6H2;/q-1;+1/t7-;/m0./s1. The first kappa shape index (κ1) is 8.65. The molecule has 2 fully saturated rings. The van der Waals surface area contributed by atoms with Gasteiger partial charge >= 0.3 is 18.9 Å². The molecule has 1 nitrogen and oxygen atoms in total. The molecule has 0 spiro atoms. The van der Waals surface area contributed by atoms with Gasteiger partial charge in [-0.3, -0.25) is 0 Å². The maximum Gasteiger partial charge on any atom is 1.00 e. The molecule has 1 aliphatic heterocycles. The number of rotatable bonds is 0. The average Bonchev–Trinajstić information content (AvgIpc) is 2.46.